The number of aromatic nitrogens is 4. The number of benzene rings is 1. The van der Waals surface area contributed by atoms with Crippen LogP contribution in [0.5, 0.6) is 0 Å². The maximum atomic E-state index is 13.0. The lowest BCUT2D eigenvalue weighted by atomic mass is 10.1. The lowest BCUT2D eigenvalue weighted by Crippen LogP contribution is -2.52. The highest BCUT2D eigenvalue weighted by atomic mass is 16.5. The predicted molar refractivity (Wildman–Crippen MR) is 99.3 cm³/mol. The molecule has 4 rings (SSSR count). The van der Waals surface area contributed by atoms with Gasteiger partial charge in [0.05, 0.1) is 29.5 Å². The first kappa shape index (κ1) is 18.1. The summed E-state index contributed by atoms with van der Waals surface area (Å²) in [6, 6.07) is 9.43. The number of aliphatic carboxylic acids is 1. The van der Waals surface area contributed by atoms with Crippen molar-refractivity contribution in [2.24, 2.45) is 0 Å². The Bertz CT molecular complexity index is 1060. The molecule has 144 valence electrons. The number of carbonyl (C=O) groups excluding carboxylic acids is 1. The van der Waals surface area contributed by atoms with E-state index in [1.807, 2.05) is 30.3 Å². The maximum Gasteiger partial charge on any atom is 0.334 e. The average Bonchev–Trinajstić information content (AvgIpc) is 3.07. The number of hydrogen-bond acceptors (Lipinski definition) is 6. The number of amides is 1. The smallest absolute Gasteiger partial charge is 0.334 e. The fourth-order valence-electron chi connectivity index (χ4n) is 3.43. The van der Waals surface area contributed by atoms with Crippen molar-refractivity contribution in [3.05, 3.63) is 47.9 Å². The second-order valence-corrected chi connectivity index (χ2v) is 6.77. The number of hydrogen-bond donors (Lipinski definition) is 1. The van der Waals surface area contributed by atoms with E-state index < -0.39 is 12.1 Å². The Labute approximate surface area is 160 Å². The van der Waals surface area contributed by atoms with Crippen molar-refractivity contribution in [2.45, 2.75) is 26.1 Å². The van der Waals surface area contributed by atoms with Gasteiger partial charge in [0.1, 0.15) is 0 Å². The minimum Gasteiger partial charge on any atom is -0.479 e. The van der Waals surface area contributed by atoms with Gasteiger partial charge in [-0.25, -0.2) is 9.48 Å². The Kier molecular flexibility index (Phi) is 4.52. The van der Waals surface area contributed by atoms with Crippen molar-refractivity contribution < 1.29 is 19.4 Å². The fraction of sp³-hybridized carbons (Fsp3) is 0.316. The zero-order chi connectivity index (χ0) is 19.8. The molecule has 9 heteroatoms. The fourth-order valence-corrected chi connectivity index (χ4v) is 3.43. The van der Waals surface area contributed by atoms with E-state index in [9.17, 15) is 14.7 Å². The van der Waals surface area contributed by atoms with E-state index in [1.165, 1.54) is 4.90 Å². The quantitative estimate of drug-likeness (QED) is 0.731. The molecule has 1 amide bonds. The van der Waals surface area contributed by atoms with Crippen molar-refractivity contribution in [2.75, 3.05) is 13.1 Å². The molecule has 1 N–H and O–H groups in total. The van der Waals surface area contributed by atoms with Gasteiger partial charge in [-0.05, 0) is 38.1 Å². The summed E-state index contributed by atoms with van der Waals surface area (Å²) >= 11 is 0. The van der Waals surface area contributed by atoms with E-state index in [2.05, 4.69) is 15.3 Å². The lowest BCUT2D eigenvalue weighted by Gasteiger charge is -2.34. The van der Waals surface area contributed by atoms with Gasteiger partial charge in [-0.3, -0.25) is 9.78 Å². The Morgan fingerprint density at radius 3 is 2.82 bits per heavy atom. The maximum absolute atomic E-state index is 13.0. The van der Waals surface area contributed by atoms with Crippen molar-refractivity contribution in [3.63, 3.8) is 0 Å². The number of ether oxygens (including phenoxy) is 1. The van der Waals surface area contributed by atoms with Gasteiger partial charge in [0.25, 0.3) is 5.91 Å². The SMILES string of the molecule is Cc1c(C(=O)N2CC(C(=O)O)O[C@H](C)C2)nnn1-c1cccc2ncccc12. The van der Waals surface area contributed by atoms with Crippen LogP contribution in [0.3, 0.4) is 0 Å². The largest absolute Gasteiger partial charge is 0.479 e. The zero-order valence-corrected chi connectivity index (χ0v) is 15.4. The summed E-state index contributed by atoms with van der Waals surface area (Å²) in [6.45, 7) is 3.78. The van der Waals surface area contributed by atoms with E-state index in [0.29, 0.717) is 12.2 Å². The third-order valence-corrected chi connectivity index (χ3v) is 4.77. The molecule has 9 nitrogen and oxygen atoms in total. The Hall–Kier alpha value is -3.33. The first-order valence-corrected chi connectivity index (χ1v) is 8.89. The summed E-state index contributed by atoms with van der Waals surface area (Å²) in [4.78, 5) is 30.1. The normalized spacial score (nSPS) is 19.7. The molecule has 2 aromatic heterocycles. The van der Waals surface area contributed by atoms with Crippen molar-refractivity contribution in [1.82, 2.24) is 24.9 Å². The monoisotopic (exact) mass is 381 g/mol. The number of rotatable bonds is 3. The van der Waals surface area contributed by atoms with Crippen LogP contribution in [-0.2, 0) is 9.53 Å². The molecular weight excluding hydrogens is 362 g/mol. The van der Waals surface area contributed by atoms with Crippen LogP contribution in [0.1, 0.15) is 23.1 Å². The molecule has 2 atom stereocenters. The molecule has 3 aromatic rings. The van der Waals surface area contributed by atoms with Gasteiger partial charge in [0.2, 0.25) is 0 Å². The van der Waals surface area contributed by atoms with Crippen LogP contribution in [0.15, 0.2) is 36.5 Å². The zero-order valence-electron chi connectivity index (χ0n) is 15.4. The number of carboxylic acid groups (broad SMARTS) is 1. The van der Waals surface area contributed by atoms with Crippen molar-refractivity contribution >= 4 is 22.8 Å². The van der Waals surface area contributed by atoms with Gasteiger partial charge in [-0.15, -0.1) is 5.10 Å². The summed E-state index contributed by atoms with van der Waals surface area (Å²) in [5, 5.41) is 18.4. The van der Waals surface area contributed by atoms with Crippen LogP contribution in [0.2, 0.25) is 0 Å². The molecule has 0 bridgehead atoms. The molecule has 1 aliphatic heterocycles. The standard InChI is InChI=1S/C19H19N5O4/c1-11-9-23(10-16(28-11)19(26)27)18(25)17-12(2)24(22-21-17)15-7-3-6-14-13(15)5-4-8-20-14/h3-8,11,16H,9-10H2,1-2H3,(H,26,27)/t11-,16?/m1/s1. The van der Waals surface area contributed by atoms with E-state index in [4.69, 9.17) is 4.74 Å². The first-order valence-electron chi connectivity index (χ1n) is 8.89. The third-order valence-electron chi connectivity index (χ3n) is 4.77. The molecule has 1 fully saturated rings. The molecule has 0 saturated carbocycles. The number of nitrogens with zero attached hydrogens (tertiary/aromatic N) is 5. The molecule has 1 aromatic carbocycles. The summed E-state index contributed by atoms with van der Waals surface area (Å²) < 4.78 is 6.98. The molecule has 0 spiro atoms. The number of fused-ring (bicyclic) bond motifs is 1. The average molecular weight is 381 g/mol. The number of carboxylic acids is 1. The Morgan fingerprint density at radius 1 is 1.21 bits per heavy atom. The molecule has 3 heterocycles. The molecule has 1 aliphatic rings. The molecule has 0 aliphatic carbocycles. The van der Waals surface area contributed by atoms with Crippen LogP contribution in [0.25, 0.3) is 16.6 Å². The predicted octanol–water partition coefficient (Wildman–Crippen LogP) is 1.44. The molecule has 0 radical (unpaired) electrons. The van der Waals surface area contributed by atoms with Gasteiger partial charge in [-0.2, -0.15) is 0 Å². The van der Waals surface area contributed by atoms with Crippen LogP contribution in [-0.4, -0.2) is 67.2 Å². The highest BCUT2D eigenvalue weighted by Gasteiger charge is 2.34. The van der Waals surface area contributed by atoms with Gasteiger partial charge in [0.15, 0.2) is 11.8 Å². The van der Waals surface area contributed by atoms with Crippen LogP contribution >= 0.6 is 0 Å². The van der Waals surface area contributed by atoms with E-state index in [-0.39, 0.29) is 24.2 Å². The molecular formula is C19H19N5O4. The Balaban J connectivity index is 1.68. The minimum atomic E-state index is -1.09. The van der Waals surface area contributed by atoms with E-state index in [1.54, 1.807) is 24.7 Å². The number of morpholine rings is 1. The second kappa shape index (κ2) is 7.01. The summed E-state index contributed by atoms with van der Waals surface area (Å²) in [7, 11) is 0. The lowest BCUT2D eigenvalue weighted by molar-refractivity contribution is -0.160. The highest BCUT2D eigenvalue weighted by molar-refractivity contribution is 5.94. The first-order chi connectivity index (χ1) is 13.5. The summed E-state index contributed by atoms with van der Waals surface area (Å²) in [5.74, 6) is -1.45. The van der Waals surface area contributed by atoms with Crippen molar-refractivity contribution in [3.8, 4) is 5.69 Å². The number of pyridine rings is 1. The minimum absolute atomic E-state index is 0.0248. The van der Waals surface area contributed by atoms with Crippen LogP contribution in [0.4, 0.5) is 0 Å². The van der Waals surface area contributed by atoms with Gasteiger partial charge in [-0.1, -0.05) is 11.3 Å². The highest BCUT2D eigenvalue weighted by Crippen LogP contribution is 2.23. The van der Waals surface area contributed by atoms with Gasteiger partial charge in [0, 0.05) is 18.1 Å². The molecule has 28 heavy (non-hydrogen) atoms. The third kappa shape index (κ3) is 3.09. The van der Waals surface area contributed by atoms with E-state index in [0.717, 1.165) is 16.6 Å². The molecule has 1 saturated heterocycles. The Morgan fingerprint density at radius 2 is 2.04 bits per heavy atom. The summed E-state index contributed by atoms with van der Waals surface area (Å²) in [5.41, 5.74) is 2.36. The van der Waals surface area contributed by atoms with Crippen LogP contribution < -0.4 is 0 Å². The van der Waals surface area contributed by atoms with E-state index >= 15 is 0 Å². The second-order valence-electron chi connectivity index (χ2n) is 6.77. The number of carbonyl (C=O) groups is 2. The molecule has 1 unspecified atom stereocenters. The van der Waals surface area contributed by atoms with Crippen LogP contribution in [0, 0.1) is 6.92 Å². The van der Waals surface area contributed by atoms with Gasteiger partial charge >= 0.3 is 5.97 Å². The summed E-state index contributed by atoms with van der Waals surface area (Å²) in [6.07, 6.45) is 0.291. The van der Waals surface area contributed by atoms with Crippen molar-refractivity contribution in [1.29, 1.82) is 0 Å². The topological polar surface area (TPSA) is 110 Å². The van der Waals surface area contributed by atoms with Gasteiger partial charge < -0.3 is 14.7 Å².